The quantitative estimate of drug-likeness (QED) is 0.672. The molecule has 9 heteroatoms. The van der Waals surface area contributed by atoms with E-state index in [4.69, 9.17) is 5.73 Å². The van der Waals surface area contributed by atoms with Crippen molar-refractivity contribution in [3.63, 3.8) is 0 Å². The van der Waals surface area contributed by atoms with Crippen molar-refractivity contribution >= 4 is 10.0 Å². The number of rotatable bonds is 4. The van der Waals surface area contributed by atoms with Crippen molar-refractivity contribution in [1.82, 2.24) is 13.9 Å². The molecule has 1 aromatic rings. The van der Waals surface area contributed by atoms with Crippen molar-refractivity contribution in [2.45, 2.75) is 24.3 Å². The fourth-order valence-electron chi connectivity index (χ4n) is 1.32. The fourth-order valence-corrected chi connectivity index (χ4v) is 2.70. The van der Waals surface area contributed by atoms with Gasteiger partial charge in [0.2, 0.25) is 10.0 Å². The van der Waals surface area contributed by atoms with E-state index in [0.29, 0.717) is 0 Å². The molecular weight excluding hydrogens is 272 g/mol. The normalized spacial score (nSPS) is 12.7. The van der Waals surface area contributed by atoms with Gasteiger partial charge in [0.15, 0.2) is 4.90 Å². The topological polar surface area (TPSA) is 116 Å². The second kappa shape index (κ2) is 4.91. The van der Waals surface area contributed by atoms with E-state index in [0.717, 1.165) is 15.3 Å². The summed E-state index contributed by atoms with van der Waals surface area (Å²) in [4.78, 5) is 22.8. The number of aromatic nitrogens is 2. The molecule has 0 aliphatic heterocycles. The van der Waals surface area contributed by atoms with Gasteiger partial charge in [-0.2, -0.15) is 0 Å². The van der Waals surface area contributed by atoms with Gasteiger partial charge in [-0.05, 0) is 13.8 Å². The molecule has 0 fully saturated rings. The van der Waals surface area contributed by atoms with Crippen LogP contribution in [-0.2, 0) is 24.1 Å². The first kappa shape index (κ1) is 15.6. The lowest BCUT2D eigenvalue weighted by Gasteiger charge is -2.19. The lowest BCUT2D eigenvalue weighted by molar-refractivity contribution is 0.496. The summed E-state index contributed by atoms with van der Waals surface area (Å²) in [5.74, 6) is 0. The Kier molecular flexibility index (Phi) is 4.03. The first-order valence-corrected chi connectivity index (χ1v) is 6.99. The van der Waals surface area contributed by atoms with Crippen molar-refractivity contribution in [2.75, 3.05) is 6.54 Å². The van der Waals surface area contributed by atoms with Crippen LogP contribution >= 0.6 is 0 Å². The maximum atomic E-state index is 12.0. The van der Waals surface area contributed by atoms with Crippen molar-refractivity contribution in [2.24, 2.45) is 19.8 Å². The van der Waals surface area contributed by atoms with E-state index in [9.17, 15) is 18.0 Å². The SMILES string of the molecule is Cn1cc(S(=O)(=O)NCC(C)(C)N)c(=O)n(C)c1=O. The lowest BCUT2D eigenvalue weighted by atomic mass is 10.1. The standard InChI is InChI=1S/C10H18N4O4S/c1-10(2,11)6-12-19(17,18)7-5-13(3)9(16)14(4)8(7)15/h5,12H,6,11H2,1-4H3. The molecule has 0 amide bonds. The summed E-state index contributed by atoms with van der Waals surface area (Å²) >= 11 is 0. The minimum Gasteiger partial charge on any atom is -0.324 e. The van der Waals surface area contributed by atoms with E-state index in [1.54, 1.807) is 13.8 Å². The number of hydrogen-bond donors (Lipinski definition) is 2. The molecule has 1 heterocycles. The number of aryl methyl sites for hydroxylation is 1. The van der Waals surface area contributed by atoms with Gasteiger partial charge in [-0.1, -0.05) is 0 Å². The Bertz CT molecular complexity index is 694. The summed E-state index contributed by atoms with van der Waals surface area (Å²) in [7, 11) is -1.42. The molecule has 0 aliphatic carbocycles. The van der Waals surface area contributed by atoms with Crippen LogP contribution in [0.2, 0.25) is 0 Å². The second-order valence-corrected chi connectivity index (χ2v) is 6.80. The molecule has 0 saturated carbocycles. The monoisotopic (exact) mass is 290 g/mol. The molecule has 0 saturated heterocycles. The van der Waals surface area contributed by atoms with E-state index in [1.165, 1.54) is 14.1 Å². The first-order chi connectivity index (χ1) is 8.46. The highest BCUT2D eigenvalue weighted by molar-refractivity contribution is 7.89. The Morgan fingerprint density at radius 2 is 1.84 bits per heavy atom. The van der Waals surface area contributed by atoms with Gasteiger partial charge in [-0.3, -0.25) is 9.36 Å². The molecule has 0 spiro atoms. The molecule has 3 N–H and O–H groups in total. The minimum atomic E-state index is -4.01. The van der Waals surface area contributed by atoms with Crippen molar-refractivity contribution in [1.29, 1.82) is 0 Å². The molecular formula is C10H18N4O4S. The molecule has 0 unspecified atom stereocenters. The van der Waals surface area contributed by atoms with Crippen LogP contribution in [0.1, 0.15) is 13.8 Å². The van der Waals surface area contributed by atoms with Crippen LogP contribution < -0.4 is 21.7 Å². The predicted molar refractivity (Wildman–Crippen MR) is 70.4 cm³/mol. The van der Waals surface area contributed by atoms with Crippen LogP contribution in [0.4, 0.5) is 0 Å². The van der Waals surface area contributed by atoms with E-state index < -0.39 is 31.7 Å². The van der Waals surface area contributed by atoms with Crippen LogP contribution in [0.25, 0.3) is 0 Å². The van der Waals surface area contributed by atoms with E-state index in [2.05, 4.69) is 4.72 Å². The largest absolute Gasteiger partial charge is 0.330 e. The molecule has 0 aromatic carbocycles. The molecule has 19 heavy (non-hydrogen) atoms. The average molecular weight is 290 g/mol. The Labute approximate surface area is 110 Å². The predicted octanol–water partition coefficient (Wildman–Crippen LogP) is -1.90. The van der Waals surface area contributed by atoms with Crippen LogP contribution in [0.15, 0.2) is 20.7 Å². The molecule has 0 radical (unpaired) electrons. The first-order valence-electron chi connectivity index (χ1n) is 5.51. The molecule has 0 atom stereocenters. The van der Waals surface area contributed by atoms with Gasteiger partial charge >= 0.3 is 5.69 Å². The van der Waals surface area contributed by atoms with Gasteiger partial charge in [0.25, 0.3) is 5.56 Å². The number of nitrogens with one attached hydrogen (secondary N) is 1. The van der Waals surface area contributed by atoms with Gasteiger partial charge in [0.1, 0.15) is 0 Å². The smallest absolute Gasteiger partial charge is 0.324 e. The van der Waals surface area contributed by atoms with Crippen molar-refractivity contribution in [3.8, 4) is 0 Å². The molecule has 0 bridgehead atoms. The Hall–Kier alpha value is -1.45. The van der Waals surface area contributed by atoms with Gasteiger partial charge < -0.3 is 10.3 Å². The van der Waals surface area contributed by atoms with Gasteiger partial charge in [0, 0.05) is 32.4 Å². The summed E-state index contributed by atoms with van der Waals surface area (Å²) in [5.41, 5.74) is 3.46. The van der Waals surface area contributed by atoms with Gasteiger partial charge in [-0.15, -0.1) is 0 Å². The van der Waals surface area contributed by atoms with Crippen LogP contribution in [0.3, 0.4) is 0 Å². The number of nitrogens with zero attached hydrogens (tertiary/aromatic N) is 2. The summed E-state index contributed by atoms with van der Waals surface area (Å²) in [6, 6.07) is 0. The summed E-state index contributed by atoms with van der Waals surface area (Å²) in [5, 5.41) is 0. The third kappa shape index (κ3) is 3.52. The van der Waals surface area contributed by atoms with Gasteiger partial charge in [0.05, 0.1) is 0 Å². The van der Waals surface area contributed by atoms with Crippen LogP contribution in [-0.4, -0.2) is 29.6 Å². The summed E-state index contributed by atoms with van der Waals surface area (Å²) < 4.78 is 28.1. The Morgan fingerprint density at radius 3 is 2.32 bits per heavy atom. The summed E-state index contributed by atoms with van der Waals surface area (Å²) in [6.45, 7) is 3.27. The van der Waals surface area contributed by atoms with Crippen molar-refractivity contribution < 1.29 is 8.42 Å². The number of hydrogen-bond acceptors (Lipinski definition) is 5. The minimum absolute atomic E-state index is 0.0265. The molecule has 8 nitrogen and oxygen atoms in total. The van der Waals surface area contributed by atoms with Gasteiger partial charge in [-0.25, -0.2) is 17.9 Å². The highest BCUT2D eigenvalue weighted by atomic mass is 32.2. The summed E-state index contributed by atoms with van der Waals surface area (Å²) in [6.07, 6.45) is 0.997. The average Bonchev–Trinajstić information content (AvgIpc) is 2.27. The fraction of sp³-hybridized carbons (Fsp3) is 0.600. The second-order valence-electron chi connectivity index (χ2n) is 5.06. The van der Waals surface area contributed by atoms with Crippen molar-refractivity contribution in [3.05, 3.63) is 27.0 Å². The number of sulfonamides is 1. The highest BCUT2D eigenvalue weighted by Gasteiger charge is 2.23. The van der Waals surface area contributed by atoms with E-state index >= 15 is 0 Å². The molecule has 0 aliphatic rings. The number of nitrogens with two attached hydrogens (primary N) is 1. The zero-order valence-corrected chi connectivity index (χ0v) is 12.1. The lowest BCUT2D eigenvalue weighted by Crippen LogP contribution is -2.47. The maximum absolute atomic E-state index is 12.0. The van der Waals surface area contributed by atoms with Crippen LogP contribution in [0, 0.1) is 0 Å². The molecule has 108 valence electrons. The third-order valence-electron chi connectivity index (χ3n) is 2.42. The Morgan fingerprint density at radius 1 is 1.32 bits per heavy atom. The highest BCUT2D eigenvalue weighted by Crippen LogP contribution is 2.02. The van der Waals surface area contributed by atoms with Crippen LogP contribution in [0.5, 0.6) is 0 Å². The third-order valence-corrected chi connectivity index (χ3v) is 3.81. The Balaban J connectivity index is 3.32. The van der Waals surface area contributed by atoms with E-state index in [-0.39, 0.29) is 6.54 Å². The molecule has 1 aromatic heterocycles. The van der Waals surface area contributed by atoms with E-state index in [1.807, 2.05) is 0 Å². The zero-order chi connectivity index (χ0) is 15.0. The molecule has 1 rings (SSSR count). The zero-order valence-electron chi connectivity index (χ0n) is 11.3. The maximum Gasteiger partial charge on any atom is 0.330 e.